The number of pyridine rings is 1. The first-order valence-corrected chi connectivity index (χ1v) is 13.7. The number of hydrogen-bond donors (Lipinski definition) is 1. The van der Waals surface area contributed by atoms with Gasteiger partial charge in [-0.3, -0.25) is 9.59 Å². The Balaban J connectivity index is 1.71. The maximum atomic E-state index is 13.3. The molecule has 0 saturated carbocycles. The number of aromatic nitrogens is 4. The molecule has 1 amide bonds. The third kappa shape index (κ3) is 6.11. The number of anilines is 1. The lowest BCUT2D eigenvalue weighted by molar-refractivity contribution is -0.118. The Morgan fingerprint density at radius 3 is 2.54 bits per heavy atom. The van der Waals surface area contributed by atoms with Gasteiger partial charge in [0.05, 0.1) is 28.0 Å². The molecular weight excluding hydrogens is 484 g/mol. The molecule has 194 valence electrons. The highest BCUT2D eigenvalue weighted by Crippen LogP contribution is 2.29. The highest BCUT2D eigenvalue weighted by atomic mass is 32.1. The van der Waals surface area contributed by atoms with Crippen molar-refractivity contribution in [2.75, 3.05) is 18.4 Å². The fraction of sp³-hybridized carbons (Fsp3) is 0.393. The molecule has 0 fully saturated rings. The Morgan fingerprint density at radius 1 is 1.08 bits per heavy atom. The summed E-state index contributed by atoms with van der Waals surface area (Å²) in [5.41, 5.74) is 3.25. The van der Waals surface area contributed by atoms with Crippen molar-refractivity contribution in [2.45, 2.75) is 53.5 Å². The van der Waals surface area contributed by atoms with Gasteiger partial charge in [-0.25, -0.2) is 14.5 Å². The van der Waals surface area contributed by atoms with Crippen molar-refractivity contribution in [3.63, 3.8) is 0 Å². The summed E-state index contributed by atoms with van der Waals surface area (Å²) in [6.45, 7) is 12.0. The van der Waals surface area contributed by atoms with Gasteiger partial charge in [0.1, 0.15) is 5.82 Å². The van der Waals surface area contributed by atoms with Crippen LogP contribution in [0.3, 0.4) is 0 Å². The van der Waals surface area contributed by atoms with Gasteiger partial charge in [-0.15, -0.1) is 11.3 Å². The Morgan fingerprint density at radius 2 is 1.86 bits per heavy atom. The minimum Gasteiger partial charge on any atom is -0.310 e. The molecule has 4 heterocycles. The molecule has 4 aromatic heterocycles. The number of fused-ring (bicyclic) bond motifs is 1. The van der Waals surface area contributed by atoms with E-state index in [1.165, 1.54) is 0 Å². The number of nitrogens with one attached hydrogen (secondary N) is 1. The van der Waals surface area contributed by atoms with Crippen LogP contribution in [-0.4, -0.2) is 55.3 Å². The molecule has 8 nitrogen and oxygen atoms in total. The number of amides is 1. The fourth-order valence-electron chi connectivity index (χ4n) is 4.29. The standard InChI is InChI=1S/C28H34N6O2S/c1-6-33(7-2)19(5)10-11-24(35)20-15-23(30-26(16-20)32-28(36)18(3)4)21-17-29-34-13-12-22(31-27(21)34)25-9-8-14-37-25/h8-9,12-19H,6-7,10-11H2,1-5H3,(H,30,32,36)/t19-/m0/s1. The van der Waals surface area contributed by atoms with Crippen molar-refractivity contribution in [3.8, 4) is 21.8 Å². The van der Waals surface area contributed by atoms with Crippen LogP contribution in [0.25, 0.3) is 27.5 Å². The minimum atomic E-state index is -0.216. The Labute approximate surface area is 221 Å². The molecule has 9 heteroatoms. The molecule has 0 aliphatic heterocycles. The van der Waals surface area contributed by atoms with Crippen LogP contribution in [0.1, 0.15) is 57.8 Å². The van der Waals surface area contributed by atoms with E-state index >= 15 is 0 Å². The van der Waals surface area contributed by atoms with Gasteiger partial charge in [0.25, 0.3) is 0 Å². The third-order valence-electron chi connectivity index (χ3n) is 6.57. The number of Topliss-reactive ketones (excluding diaryl/α,β-unsaturated/α-hetero) is 1. The first-order valence-electron chi connectivity index (χ1n) is 12.8. The maximum Gasteiger partial charge on any atom is 0.228 e. The summed E-state index contributed by atoms with van der Waals surface area (Å²) in [4.78, 5) is 38.7. The third-order valence-corrected chi connectivity index (χ3v) is 7.46. The lowest BCUT2D eigenvalue weighted by Gasteiger charge is -2.26. The highest BCUT2D eigenvalue weighted by Gasteiger charge is 2.19. The van der Waals surface area contributed by atoms with E-state index in [0.717, 1.165) is 30.1 Å². The van der Waals surface area contributed by atoms with Gasteiger partial charge in [-0.1, -0.05) is 33.8 Å². The second kappa shape index (κ2) is 11.7. The average molecular weight is 519 g/mol. The predicted molar refractivity (Wildman–Crippen MR) is 149 cm³/mol. The zero-order valence-corrected chi connectivity index (χ0v) is 22.9. The molecule has 0 saturated heterocycles. The molecule has 1 N–H and O–H groups in total. The summed E-state index contributed by atoms with van der Waals surface area (Å²) < 4.78 is 1.70. The van der Waals surface area contributed by atoms with Gasteiger partial charge in [0.15, 0.2) is 11.4 Å². The lowest BCUT2D eigenvalue weighted by atomic mass is 10.0. The number of ketones is 1. The van der Waals surface area contributed by atoms with Gasteiger partial charge < -0.3 is 10.2 Å². The van der Waals surface area contributed by atoms with Gasteiger partial charge in [0, 0.05) is 30.1 Å². The van der Waals surface area contributed by atoms with E-state index in [1.54, 1.807) is 34.2 Å². The monoisotopic (exact) mass is 518 g/mol. The molecule has 37 heavy (non-hydrogen) atoms. The number of thiophene rings is 1. The Kier molecular flexibility index (Phi) is 8.45. The predicted octanol–water partition coefficient (Wildman–Crippen LogP) is 5.81. The molecule has 0 spiro atoms. The Bertz CT molecular complexity index is 1370. The first-order chi connectivity index (χ1) is 17.8. The van der Waals surface area contributed by atoms with Gasteiger partial charge in [0.2, 0.25) is 5.91 Å². The molecule has 0 aliphatic rings. The van der Waals surface area contributed by atoms with Gasteiger partial charge >= 0.3 is 0 Å². The average Bonchev–Trinajstić information content (AvgIpc) is 3.57. The van der Waals surface area contributed by atoms with E-state index in [-0.39, 0.29) is 17.6 Å². The Hall–Kier alpha value is -3.43. The van der Waals surface area contributed by atoms with Crippen molar-refractivity contribution in [2.24, 2.45) is 5.92 Å². The normalized spacial score (nSPS) is 12.4. The molecule has 1 atom stereocenters. The maximum absolute atomic E-state index is 13.3. The molecule has 4 rings (SSSR count). The van der Waals surface area contributed by atoms with Crippen molar-refractivity contribution >= 4 is 34.5 Å². The molecule has 0 unspecified atom stereocenters. The summed E-state index contributed by atoms with van der Waals surface area (Å²) in [5, 5.41) is 9.33. The zero-order chi connectivity index (χ0) is 26.5. The molecule has 0 bridgehead atoms. The van der Waals surface area contributed by atoms with Gasteiger partial charge in [-0.05, 0) is 56.1 Å². The second-order valence-electron chi connectivity index (χ2n) is 9.42. The van der Waals surface area contributed by atoms with E-state index in [2.05, 4.69) is 36.1 Å². The summed E-state index contributed by atoms with van der Waals surface area (Å²) in [6.07, 6.45) is 4.74. The molecule has 0 aliphatic carbocycles. The first kappa shape index (κ1) is 26.6. The van der Waals surface area contributed by atoms with E-state index in [1.807, 2.05) is 43.6 Å². The fourth-order valence-corrected chi connectivity index (χ4v) is 4.98. The topological polar surface area (TPSA) is 92.5 Å². The molecule has 0 aromatic carbocycles. The van der Waals surface area contributed by atoms with Crippen LogP contribution in [0, 0.1) is 5.92 Å². The largest absolute Gasteiger partial charge is 0.310 e. The quantitative estimate of drug-likeness (QED) is 0.252. The second-order valence-corrected chi connectivity index (χ2v) is 10.4. The molecule has 0 radical (unpaired) electrons. The number of nitrogens with zero attached hydrogens (tertiary/aromatic N) is 5. The van der Waals surface area contributed by atoms with Crippen LogP contribution < -0.4 is 5.32 Å². The van der Waals surface area contributed by atoms with E-state index in [4.69, 9.17) is 9.97 Å². The van der Waals surface area contributed by atoms with Crippen molar-refractivity contribution in [1.29, 1.82) is 0 Å². The van der Waals surface area contributed by atoms with Crippen molar-refractivity contribution in [1.82, 2.24) is 24.5 Å². The summed E-state index contributed by atoms with van der Waals surface area (Å²) in [7, 11) is 0. The zero-order valence-electron chi connectivity index (χ0n) is 22.1. The number of rotatable bonds is 11. The number of carbonyl (C=O) groups is 2. The molecular formula is C28H34N6O2S. The smallest absolute Gasteiger partial charge is 0.228 e. The van der Waals surface area contributed by atoms with Gasteiger partial charge in [-0.2, -0.15) is 5.10 Å². The van der Waals surface area contributed by atoms with Crippen LogP contribution in [0.5, 0.6) is 0 Å². The number of carbonyl (C=O) groups excluding carboxylic acids is 2. The summed E-state index contributed by atoms with van der Waals surface area (Å²) in [6, 6.07) is 9.70. The molecule has 4 aromatic rings. The summed E-state index contributed by atoms with van der Waals surface area (Å²) in [5.74, 6) is -0.000728. The van der Waals surface area contributed by atoms with Crippen molar-refractivity contribution < 1.29 is 9.59 Å². The summed E-state index contributed by atoms with van der Waals surface area (Å²) >= 11 is 1.62. The van der Waals surface area contributed by atoms with Crippen LogP contribution in [0.15, 0.2) is 48.1 Å². The highest BCUT2D eigenvalue weighted by molar-refractivity contribution is 7.13. The van der Waals surface area contributed by atoms with E-state index < -0.39 is 0 Å². The number of hydrogen-bond acceptors (Lipinski definition) is 7. The minimum absolute atomic E-state index is 0.0198. The van der Waals surface area contributed by atoms with Crippen LogP contribution >= 0.6 is 11.3 Å². The van der Waals surface area contributed by atoms with E-state index in [0.29, 0.717) is 40.7 Å². The van der Waals surface area contributed by atoms with Crippen LogP contribution in [-0.2, 0) is 4.79 Å². The van der Waals surface area contributed by atoms with Crippen molar-refractivity contribution in [3.05, 3.63) is 53.7 Å². The van der Waals surface area contributed by atoms with Crippen LogP contribution in [0.4, 0.5) is 5.82 Å². The van der Waals surface area contributed by atoms with E-state index in [9.17, 15) is 9.59 Å². The SMILES string of the molecule is CCN(CC)[C@@H](C)CCC(=O)c1cc(NC(=O)C(C)C)nc(-c2cnn3ccc(-c4cccs4)nc23)c1. The lowest BCUT2D eigenvalue weighted by Crippen LogP contribution is -2.33. The van der Waals surface area contributed by atoms with Crippen LogP contribution in [0.2, 0.25) is 0 Å².